The van der Waals surface area contributed by atoms with E-state index in [-0.39, 0.29) is 24.9 Å². The molecule has 0 saturated carbocycles. The maximum absolute atomic E-state index is 11.8. The number of carbonyl (C=O) groups excluding carboxylic acids is 1. The lowest BCUT2D eigenvalue weighted by molar-refractivity contribution is -0.304. The average Bonchev–Trinajstić information content (AvgIpc) is 2.49. The van der Waals surface area contributed by atoms with Gasteiger partial charge in [0.05, 0.1) is 18.4 Å². The van der Waals surface area contributed by atoms with Crippen molar-refractivity contribution in [1.82, 2.24) is 10.3 Å². The maximum Gasteiger partial charge on any atom is 0.342 e. The third kappa shape index (κ3) is 5.23. The van der Waals surface area contributed by atoms with Crippen molar-refractivity contribution in [3.63, 3.8) is 0 Å². The number of nitrogens with one attached hydrogen (secondary N) is 1. The number of hydrogen-bond acceptors (Lipinski definition) is 8. The number of hydrogen-bond donors (Lipinski definition) is 4. The summed E-state index contributed by atoms with van der Waals surface area (Å²) >= 11 is 5.41. The second kappa shape index (κ2) is 8.71. The molecule has 0 unspecified atom stereocenters. The number of carbonyl (C=O) groups is 1. The third-order valence-corrected chi connectivity index (χ3v) is 3.27. The molecule has 4 N–H and O–H groups in total. The highest BCUT2D eigenvalue weighted by Crippen LogP contribution is 2.24. The molecule has 1 aliphatic rings. The number of aliphatic hydroxyl groups excluding tert-OH is 2. The van der Waals surface area contributed by atoms with Gasteiger partial charge in [0.2, 0.25) is 0 Å². The quantitative estimate of drug-likeness (QED) is 0.206. The molecule has 0 radical (unpaired) electrons. The molecule has 134 valence electrons. The van der Waals surface area contributed by atoms with Crippen LogP contribution in [0.2, 0.25) is 0 Å². The zero-order chi connectivity index (χ0) is 17.6. The van der Waals surface area contributed by atoms with E-state index in [1.165, 1.54) is 0 Å². The highest BCUT2D eigenvalue weighted by Gasteiger charge is 2.50. The van der Waals surface area contributed by atoms with Crippen molar-refractivity contribution >= 4 is 17.6 Å². The van der Waals surface area contributed by atoms with Crippen LogP contribution in [0.1, 0.15) is 13.8 Å². The molecule has 0 aromatic heterocycles. The first-order valence-electron chi connectivity index (χ1n) is 7.05. The van der Waals surface area contributed by atoms with E-state index in [1.54, 1.807) is 0 Å². The molecule has 10 nitrogen and oxygen atoms in total. The minimum atomic E-state index is -2.30. The summed E-state index contributed by atoms with van der Waals surface area (Å²) in [7, 11) is 0. The Morgan fingerprint density at radius 2 is 2.22 bits per heavy atom. The third-order valence-electron chi connectivity index (χ3n) is 3.11. The zero-order valence-electron chi connectivity index (χ0n) is 12.9. The fourth-order valence-electron chi connectivity index (χ4n) is 1.88. The van der Waals surface area contributed by atoms with Crippen LogP contribution in [0.5, 0.6) is 0 Å². The van der Waals surface area contributed by atoms with Crippen molar-refractivity contribution in [3.8, 4) is 0 Å². The molecule has 1 saturated heterocycles. The smallest absolute Gasteiger partial charge is 0.342 e. The fourth-order valence-corrected chi connectivity index (χ4v) is 2.04. The van der Waals surface area contributed by atoms with Gasteiger partial charge in [0.25, 0.3) is 0 Å². The molecule has 23 heavy (non-hydrogen) atoms. The van der Waals surface area contributed by atoms with Gasteiger partial charge in [0.15, 0.2) is 12.0 Å². The Morgan fingerprint density at radius 1 is 1.57 bits per heavy atom. The largest absolute Gasteiger partial charge is 0.385 e. The molecule has 0 aliphatic carbocycles. The van der Waals surface area contributed by atoms with Crippen LogP contribution in [0.15, 0.2) is 5.29 Å². The molecule has 1 aliphatic heterocycles. The lowest BCUT2D eigenvalue weighted by atomic mass is 9.99. The lowest BCUT2D eigenvalue weighted by Gasteiger charge is -2.43. The van der Waals surface area contributed by atoms with Crippen LogP contribution in [0.4, 0.5) is 4.79 Å². The van der Waals surface area contributed by atoms with Crippen LogP contribution >= 0.6 is 11.6 Å². The Hall–Kier alpha value is -1.04. The average molecular weight is 356 g/mol. The van der Waals surface area contributed by atoms with Crippen molar-refractivity contribution < 1.29 is 29.6 Å². The van der Waals surface area contributed by atoms with Crippen LogP contribution < -0.4 is 5.32 Å². The first kappa shape index (κ1) is 20.0. The number of aliphatic hydroxyl groups is 3. The summed E-state index contributed by atoms with van der Waals surface area (Å²) in [6.45, 7) is 3.32. The van der Waals surface area contributed by atoms with Gasteiger partial charge >= 0.3 is 6.03 Å². The highest BCUT2D eigenvalue weighted by molar-refractivity contribution is 6.18. The highest BCUT2D eigenvalue weighted by atomic mass is 35.5. The van der Waals surface area contributed by atoms with Crippen molar-refractivity contribution in [2.75, 3.05) is 25.6 Å². The zero-order valence-corrected chi connectivity index (χ0v) is 13.6. The van der Waals surface area contributed by atoms with E-state index in [1.807, 2.05) is 19.2 Å². The minimum absolute atomic E-state index is 0.0512. The lowest BCUT2D eigenvalue weighted by Crippen LogP contribution is -2.70. The number of halogens is 1. The van der Waals surface area contributed by atoms with E-state index in [0.29, 0.717) is 5.01 Å². The molecule has 11 heteroatoms. The Balaban J connectivity index is 2.69. The Bertz CT molecular complexity index is 414. The van der Waals surface area contributed by atoms with E-state index in [9.17, 15) is 25.0 Å². The number of nitrogens with zero attached hydrogens (tertiary/aromatic N) is 2. The number of ether oxygens (including phenoxy) is 2. The maximum atomic E-state index is 11.8. The molecule has 1 heterocycles. The second-order valence-corrected chi connectivity index (χ2v) is 5.97. The van der Waals surface area contributed by atoms with Gasteiger partial charge in [-0.3, -0.25) is 0 Å². The molecule has 1 fully saturated rings. The number of urea groups is 1. The van der Waals surface area contributed by atoms with Gasteiger partial charge in [-0.2, -0.15) is 5.01 Å². The van der Waals surface area contributed by atoms with Gasteiger partial charge < -0.3 is 30.1 Å². The molecule has 4 atom stereocenters. The van der Waals surface area contributed by atoms with E-state index < -0.39 is 36.9 Å². The summed E-state index contributed by atoms with van der Waals surface area (Å²) in [4.78, 5) is 22.4. The molecular formula is C12H22ClN3O7. The summed E-state index contributed by atoms with van der Waals surface area (Å²) in [5.41, 5.74) is -2.30. The SMILES string of the molecule is CC(C)CO[C@@H]1OC[C@](O)(NC(=O)N(CCCl)N=O)[C@H](O)[C@H]1O. The van der Waals surface area contributed by atoms with E-state index in [4.69, 9.17) is 21.1 Å². The summed E-state index contributed by atoms with van der Waals surface area (Å²) in [6, 6.07) is -1.08. The predicted molar refractivity (Wildman–Crippen MR) is 79.2 cm³/mol. The van der Waals surface area contributed by atoms with E-state index >= 15 is 0 Å². The number of amides is 2. The predicted octanol–water partition coefficient (Wildman–Crippen LogP) is -0.642. The monoisotopic (exact) mass is 355 g/mol. The van der Waals surface area contributed by atoms with Crippen LogP contribution in [0.25, 0.3) is 0 Å². The van der Waals surface area contributed by atoms with Gasteiger partial charge in [-0.25, -0.2) is 4.79 Å². The summed E-state index contributed by atoms with van der Waals surface area (Å²) in [6.07, 6.45) is -4.53. The Kier molecular flexibility index (Phi) is 7.58. The second-order valence-electron chi connectivity index (χ2n) is 5.59. The Labute approximate surface area is 138 Å². The summed E-state index contributed by atoms with van der Waals surface area (Å²) in [5, 5.41) is 35.1. The minimum Gasteiger partial charge on any atom is -0.385 e. The van der Waals surface area contributed by atoms with Crippen molar-refractivity contribution in [2.24, 2.45) is 11.2 Å². The van der Waals surface area contributed by atoms with Crippen molar-refractivity contribution in [2.45, 2.75) is 38.1 Å². The summed E-state index contributed by atoms with van der Waals surface area (Å²) in [5.74, 6) is 0.121. The number of nitroso groups, excluding NO2 is 1. The van der Waals surface area contributed by atoms with Crippen LogP contribution in [-0.2, 0) is 9.47 Å². The van der Waals surface area contributed by atoms with Crippen LogP contribution in [0, 0.1) is 10.8 Å². The molecule has 2 amide bonds. The Morgan fingerprint density at radius 3 is 2.74 bits per heavy atom. The number of alkyl halides is 1. The van der Waals surface area contributed by atoms with Crippen LogP contribution in [0.3, 0.4) is 0 Å². The van der Waals surface area contributed by atoms with Gasteiger partial charge in [0.1, 0.15) is 18.8 Å². The topological polar surface area (TPSA) is 141 Å². The van der Waals surface area contributed by atoms with E-state index in [0.717, 1.165) is 0 Å². The molecular weight excluding hydrogens is 334 g/mol. The van der Waals surface area contributed by atoms with Crippen molar-refractivity contribution in [3.05, 3.63) is 4.91 Å². The van der Waals surface area contributed by atoms with Gasteiger partial charge in [-0.1, -0.05) is 13.8 Å². The van der Waals surface area contributed by atoms with Gasteiger partial charge in [-0.15, -0.1) is 16.5 Å². The first-order valence-corrected chi connectivity index (χ1v) is 7.59. The van der Waals surface area contributed by atoms with Gasteiger partial charge in [0, 0.05) is 5.88 Å². The summed E-state index contributed by atoms with van der Waals surface area (Å²) < 4.78 is 10.4. The molecule has 0 spiro atoms. The number of rotatable bonds is 7. The van der Waals surface area contributed by atoms with E-state index in [2.05, 4.69) is 5.29 Å². The fraction of sp³-hybridized carbons (Fsp3) is 0.917. The van der Waals surface area contributed by atoms with Gasteiger partial charge in [-0.05, 0) is 5.92 Å². The first-order chi connectivity index (χ1) is 10.7. The molecule has 0 bridgehead atoms. The normalized spacial score (nSPS) is 31.0. The van der Waals surface area contributed by atoms with Crippen LogP contribution in [-0.4, -0.2) is 76.2 Å². The van der Waals surface area contributed by atoms with Crippen molar-refractivity contribution in [1.29, 1.82) is 0 Å². The molecule has 1 rings (SSSR count). The molecule has 0 aromatic rings. The standard InChI is InChI=1S/C12H22ClN3O7/c1-7(2)5-22-10-8(17)9(18)12(20,6-23-10)14-11(19)16(15-21)4-3-13/h7-10,17-18,20H,3-6H2,1-2H3,(H,14,19)/t8-,9-,10-,12-/m1/s1. The molecule has 0 aromatic carbocycles.